The lowest BCUT2D eigenvalue weighted by molar-refractivity contribution is 0.522. The van der Waals surface area contributed by atoms with Crippen molar-refractivity contribution >= 4 is 11.8 Å². The number of hydrogen-bond donors (Lipinski definition) is 1. The van der Waals surface area contributed by atoms with Crippen LogP contribution in [0.1, 0.15) is 44.9 Å². The van der Waals surface area contributed by atoms with E-state index >= 15 is 0 Å². The van der Waals surface area contributed by atoms with Crippen LogP contribution >= 0.6 is 11.8 Å². The molecule has 0 aromatic carbocycles. The summed E-state index contributed by atoms with van der Waals surface area (Å²) in [6.45, 7) is 2.23. The van der Waals surface area contributed by atoms with Gasteiger partial charge in [0.2, 0.25) is 0 Å². The van der Waals surface area contributed by atoms with Crippen molar-refractivity contribution in [3.05, 3.63) is 0 Å². The van der Waals surface area contributed by atoms with E-state index in [9.17, 15) is 0 Å². The lowest BCUT2D eigenvalue weighted by Crippen LogP contribution is -2.35. The van der Waals surface area contributed by atoms with E-state index in [1.807, 2.05) is 11.8 Å². The highest BCUT2D eigenvalue weighted by atomic mass is 32.2. The van der Waals surface area contributed by atoms with Crippen LogP contribution in [0.5, 0.6) is 0 Å². The lowest BCUT2D eigenvalue weighted by atomic mass is 10.1. The zero-order chi connectivity index (χ0) is 11.0. The molecule has 0 heterocycles. The van der Waals surface area contributed by atoms with Gasteiger partial charge in [-0.2, -0.15) is 17.0 Å². The molecule has 2 nitrogen and oxygen atoms in total. The highest BCUT2D eigenvalue weighted by Crippen LogP contribution is 2.39. The van der Waals surface area contributed by atoms with Crippen LogP contribution in [0.3, 0.4) is 0 Å². The molecule has 0 unspecified atom stereocenters. The molecule has 0 radical (unpaired) electrons. The monoisotopic (exact) mass is 226 g/mol. The van der Waals surface area contributed by atoms with Crippen LogP contribution in [-0.4, -0.2) is 24.1 Å². The standard InChI is InChI=1S/C12H22N2S/c1-15-12(7-3-4-8-12)11-14-10-6-2-5-9-13/h14H,2-8,10-11H2,1H3. The van der Waals surface area contributed by atoms with Crippen molar-refractivity contribution in [3.63, 3.8) is 0 Å². The van der Waals surface area contributed by atoms with Gasteiger partial charge in [0.25, 0.3) is 0 Å². The Morgan fingerprint density at radius 1 is 1.33 bits per heavy atom. The molecule has 1 rings (SSSR count). The molecule has 1 fully saturated rings. The van der Waals surface area contributed by atoms with E-state index in [2.05, 4.69) is 17.6 Å². The maximum atomic E-state index is 8.40. The number of hydrogen-bond acceptors (Lipinski definition) is 3. The first kappa shape index (κ1) is 12.9. The predicted octanol–water partition coefficient (Wildman–Crippen LogP) is 2.95. The second-order valence-corrected chi connectivity index (χ2v) is 5.66. The summed E-state index contributed by atoms with van der Waals surface area (Å²) >= 11 is 2.03. The van der Waals surface area contributed by atoms with Crippen LogP contribution < -0.4 is 5.32 Å². The van der Waals surface area contributed by atoms with Gasteiger partial charge in [-0.25, -0.2) is 0 Å². The van der Waals surface area contributed by atoms with Gasteiger partial charge in [-0.3, -0.25) is 0 Å². The van der Waals surface area contributed by atoms with Gasteiger partial charge >= 0.3 is 0 Å². The van der Waals surface area contributed by atoms with E-state index in [1.54, 1.807) is 0 Å². The van der Waals surface area contributed by atoms with E-state index in [-0.39, 0.29) is 0 Å². The third-order valence-electron chi connectivity index (χ3n) is 3.29. The number of nitriles is 1. The topological polar surface area (TPSA) is 35.8 Å². The molecule has 0 aromatic rings. The Morgan fingerprint density at radius 2 is 2.07 bits per heavy atom. The van der Waals surface area contributed by atoms with Crippen molar-refractivity contribution in [2.45, 2.75) is 49.7 Å². The lowest BCUT2D eigenvalue weighted by Gasteiger charge is -2.27. The fourth-order valence-electron chi connectivity index (χ4n) is 2.24. The van der Waals surface area contributed by atoms with Crippen molar-refractivity contribution in [2.24, 2.45) is 0 Å². The molecule has 0 atom stereocenters. The quantitative estimate of drug-likeness (QED) is 0.678. The fourth-order valence-corrected chi connectivity index (χ4v) is 3.19. The minimum Gasteiger partial charge on any atom is -0.315 e. The molecule has 0 aromatic heterocycles. The maximum absolute atomic E-state index is 8.40. The Labute approximate surface area is 97.8 Å². The number of thioether (sulfide) groups is 1. The SMILES string of the molecule is CSC1(CNCCCCC#N)CCCC1. The average Bonchev–Trinajstić information content (AvgIpc) is 2.73. The Morgan fingerprint density at radius 3 is 2.67 bits per heavy atom. The minimum absolute atomic E-state index is 0.523. The van der Waals surface area contributed by atoms with Gasteiger partial charge in [-0.05, 0) is 38.5 Å². The van der Waals surface area contributed by atoms with Gasteiger partial charge in [0.15, 0.2) is 0 Å². The number of nitrogens with zero attached hydrogens (tertiary/aromatic N) is 1. The minimum atomic E-state index is 0.523. The van der Waals surface area contributed by atoms with E-state index in [0.29, 0.717) is 11.2 Å². The van der Waals surface area contributed by atoms with Crippen LogP contribution in [0, 0.1) is 11.3 Å². The van der Waals surface area contributed by atoms with Crippen molar-refractivity contribution < 1.29 is 0 Å². The number of nitrogens with one attached hydrogen (secondary N) is 1. The summed E-state index contributed by atoms with van der Waals surface area (Å²) in [6, 6.07) is 2.19. The van der Waals surface area contributed by atoms with E-state index in [0.717, 1.165) is 25.9 Å². The average molecular weight is 226 g/mol. The molecule has 0 amide bonds. The summed E-state index contributed by atoms with van der Waals surface area (Å²) < 4.78 is 0.523. The molecule has 86 valence electrons. The zero-order valence-electron chi connectivity index (χ0n) is 9.72. The largest absolute Gasteiger partial charge is 0.315 e. The number of rotatable bonds is 7. The smallest absolute Gasteiger partial charge is 0.0621 e. The van der Waals surface area contributed by atoms with Gasteiger partial charge in [0.1, 0.15) is 0 Å². The maximum Gasteiger partial charge on any atom is 0.0621 e. The van der Waals surface area contributed by atoms with Crippen molar-refractivity contribution in [1.82, 2.24) is 5.32 Å². The van der Waals surface area contributed by atoms with E-state index < -0.39 is 0 Å². The summed E-state index contributed by atoms with van der Waals surface area (Å²) in [5, 5.41) is 11.9. The molecule has 1 aliphatic rings. The summed E-state index contributed by atoms with van der Waals surface area (Å²) in [6.07, 6.45) is 10.7. The molecular formula is C12H22N2S. The van der Waals surface area contributed by atoms with E-state index in [4.69, 9.17) is 5.26 Å². The molecule has 0 aliphatic heterocycles. The Kier molecular flexibility index (Phi) is 6.12. The van der Waals surface area contributed by atoms with E-state index in [1.165, 1.54) is 25.7 Å². The van der Waals surface area contributed by atoms with Crippen LogP contribution in [0.15, 0.2) is 0 Å². The normalized spacial score (nSPS) is 18.9. The Bertz CT molecular complexity index is 204. The van der Waals surface area contributed by atoms with Crippen LogP contribution in [-0.2, 0) is 0 Å². The van der Waals surface area contributed by atoms with Crippen molar-refractivity contribution in [3.8, 4) is 6.07 Å². The summed E-state index contributed by atoms with van der Waals surface area (Å²) in [5.74, 6) is 0. The zero-order valence-corrected chi connectivity index (χ0v) is 10.5. The first-order chi connectivity index (χ1) is 7.33. The third-order valence-corrected chi connectivity index (χ3v) is 4.71. The van der Waals surface area contributed by atoms with Crippen LogP contribution in [0.4, 0.5) is 0 Å². The summed E-state index contributed by atoms with van der Waals surface area (Å²) in [7, 11) is 0. The second-order valence-electron chi connectivity index (χ2n) is 4.39. The molecule has 1 aliphatic carbocycles. The van der Waals surface area contributed by atoms with Gasteiger partial charge in [0.05, 0.1) is 6.07 Å². The highest BCUT2D eigenvalue weighted by Gasteiger charge is 2.32. The van der Waals surface area contributed by atoms with Crippen LogP contribution in [0.25, 0.3) is 0 Å². The van der Waals surface area contributed by atoms with Gasteiger partial charge in [-0.15, -0.1) is 0 Å². The summed E-state index contributed by atoms with van der Waals surface area (Å²) in [4.78, 5) is 0. The number of unbranched alkanes of at least 4 members (excludes halogenated alkanes) is 2. The van der Waals surface area contributed by atoms with Crippen LogP contribution in [0.2, 0.25) is 0 Å². The molecule has 0 spiro atoms. The predicted molar refractivity (Wildman–Crippen MR) is 67.0 cm³/mol. The van der Waals surface area contributed by atoms with Gasteiger partial charge < -0.3 is 5.32 Å². The third kappa shape index (κ3) is 4.44. The highest BCUT2D eigenvalue weighted by molar-refractivity contribution is 8.00. The molecule has 1 saturated carbocycles. The first-order valence-electron chi connectivity index (χ1n) is 5.96. The van der Waals surface area contributed by atoms with Crippen molar-refractivity contribution in [2.75, 3.05) is 19.3 Å². The summed E-state index contributed by atoms with van der Waals surface area (Å²) in [5.41, 5.74) is 0. The molecule has 0 saturated heterocycles. The van der Waals surface area contributed by atoms with Gasteiger partial charge in [-0.1, -0.05) is 12.8 Å². The van der Waals surface area contributed by atoms with Crippen molar-refractivity contribution in [1.29, 1.82) is 5.26 Å². The first-order valence-corrected chi connectivity index (χ1v) is 7.18. The molecule has 1 N–H and O–H groups in total. The Hall–Kier alpha value is -0.200. The second kappa shape index (κ2) is 7.14. The fraction of sp³-hybridized carbons (Fsp3) is 0.917. The molecular weight excluding hydrogens is 204 g/mol. The van der Waals surface area contributed by atoms with Gasteiger partial charge in [0, 0.05) is 17.7 Å². The Balaban J connectivity index is 2.05. The molecule has 15 heavy (non-hydrogen) atoms. The molecule has 0 bridgehead atoms. The molecule has 3 heteroatoms.